The molecule has 1 aromatic rings. The van der Waals surface area contributed by atoms with Crippen LogP contribution in [0.5, 0.6) is 0 Å². The third kappa shape index (κ3) is 2.38. The molecule has 0 N–H and O–H groups in total. The number of carbonyl (C=O) groups excluding carboxylic acids is 1. The van der Waals surface area contributed by atoms with E-state index in [9.17, 15) is 9.18 Å². The molecule has 2 rings (SSSR count). The van der Waals surface area contributed by atoms with Crippen LogP contribution in [0.15, 0.2) is 18.2 Å². The zero-order valence-electron chi connectivity index (χ0n) is 8.42. The Balaban J connectivity index is 2.18. The quantitative estimate of drug-likeness (QED) is 0.730. The van der Waals surface area contributed by atoms with E-state index in [1.807, 2.05) is 0 Å². The van der Waals surface area contributed by atoms with Gasteiger partial charge in [-0.25, -0.2) is 4.39 Å². The van der Waals surface area contributed by atoms with E-state index in [4.69, 9.17) is 11.6 Å². The minimum absolute atomic E-state index is 0.0383. The molecule has 1 heterocycles. The smallest absolute Gasteiger partial charge is 0.253 e. The Morgan fingerprint density at radius 1 is 1.56 bits per heavy atom. The van der Waals surface area contributed by atoms with Gasteiger partial charge in [-0.05, 0) is 24.6 Å². The number of rotatable bonds is 1. The van der Waals surface area contributed by atoms with E-state index in [0.29, 0.717) is 23.5 Å². The van der Waals surface area contributed by atoms with Gasteiger partial charge in [0.1, 0.15) is 5.82 Å². The van der Waals surface area contributed by atoms with Crippen LogP contribution in [0.2, 0.25) is 5.02 Å². The lowest BCUT2D eigenvalue weighted by molar-refractivity contribution is 0.0793. The van der Waals surface area contributed by atoms with Crippen molar-refractivity contribution in [2.45, 2.75) is 11.2 Å². The topological polar surface area (TPSA) is 20.3 Å². The zero-order valence-corrected chi connectivity index (χ0v) is 10.8. The van der Waals surface area contributed by atoms with E-state index in [2.05, 4.69) is 15.9 Å². The molecule has 0 spiro atoms. The first-order chi connectivity index (χ1) is 7.58. The van der Waals surface area contributed by atoms with Crippen molar-refractivity contribution in [1.29, 1.82) is 0 Å². The van der Waals surface area contributed by atoms with E-state index in [0.717, 1.165) is 6.42 Å². The van der Waals surface area contributed by atoms with E-state index in [1.165, 1.54) is 12.1 Å². The normalized spacial score (nSPS) is 20.2. The third-order valence-electron chi connectivity index (χ3n) is 2.58. The fourth-order valence-electron chi connectivity index (χ4n) is 1.71. The summed E-state index contributed by atoms with van der Waals surface area (Å²) in [6, 6.07) is 4.15. The van der Waals surface area contributed by atoms with E-state index in [1.54, 1.807) is 11.0 Å². The highest BCUT2D eigenvalue weighted by Crippen LogP contribution is 2.21. The van der Waals surface area contributed by atoms with Crippen molar-refractivity contribution in [3.8, 4) is 0 Å². The number of amides is 1. The van der Waals surface area contributed by atoms with Gasteiger partial charge >= 0.3 is 0 Å². The second-order valence-corrected chi connectivity index (χ2v) is 5.47. The van der Waals surface area contributed by atoms with Crippen molar-refractivity contribution >= 4 is 33.4 Å². The van der Waals surface area contributed by atoms with Crippen molar-refractivity contribution in [3.63, 3.8) is 0 Å². The summed E-state index contributed by atoms with van der Waals surface area (Å²) in [6.07, 6.45) is 0.932. The van der Waals surface area contributed by atoms with Gasteiger partial charge in [-0.2, -0.15) is 0 Å². The summed E-state index contributed by atoms with van der Waals surface area (Å²) in [5, 5.41) is 0.0383. The molecule has 0 aliphatic carbocycles. The molecule has 1 unspecified atom stereocenters. The number of hydrogen-bond acceptors (Lipinski definition) is 1. The van der Waals surface area contributed by atoms with Crippen LogP contribution in [-0.2, 0) is 0 Å². The third-order valence-corrected chi connectivity index (χ3v) is 3.64. The maximum absolute atomic E-state index is 13.2. The summed E-state index contributed by atoms with van der Waals surface area (Å²) in [5.74, 6) is -0.695. The minimum atomic E-state index is -0.554. The summed E-state index contributed by atoms with van der Waals surface area (Å²) in [5.41, 5.74) is 0.350. The average molecular weight is 307 g/mol. The molecule has 1 amide bonds. The monoisotopic (exact) mass is 305 g/mol. The van der Waals surface area contributed by atoms with Gasteiger partial charge in [0, 0.05) is 23.5 Å². The second-order valence-electron chi connectivity index (χ2n) is 3.77. The Morgan fingerprint density at radius 3 is 2.88 bits per heavy atom. The number of likely N-dealkylation sites (tertiary alicyclic amines) is 1. The van der Waals surface area contributed by atoms with Crippen LogP contribution in [0.4, 0.5) is 4.39 Å². The highest BCUT2D eigenvalue weighted by Gasteiger charge is 2.25. The Bertz CT molecular complexity index is 426. The van der Waals surface area contributed by atoms with Crippen molar-refractivity contribution in [3.05, 3.63) is 34.6 Å². The van der Waals surface area contributed by atoms with Crippen molar-refractivity contribution < 1.29 is 9.18 Å². The lowest BCUT2D eigenvalue weighted by atomic mass is 10.2. The van der Waals surface area contributed by atoms with E-state index >= 15 is 0 Å². The molecule has 5 heteroatoms. The van der Waals surface area contributed by atoms with Crippen LogP contribution in [0.25, 0.3) is 0 Å². The lowest BCUT2D eigenvalue weighted by Crippen LogP contribution is -2.28. The van der Waals surface area contributed by atoms with Gasteiger partial charge in [0.05, 0.1) is 5.02 Å². The van der Waals surface area contributed by atoms with Crippen LogP contribution in [0, 0.1) is 5.82 Å². The van der Waals surface area contributed by atoms with Crippen molar-refractivity contribution in [1.82, 2.24) is 4.90 Å². The first kappa shape index (κ1) is 11.9. The SMILES string of the molecule is O=C(c1ccc(Cl)c(F)c1)N1CCC(Br)C1. The highest BCUT2D eigenvalue weighted by atomic mass is 79.9. The van der Waals surface area contributed by atoms with Gasteiger partial charge in [0.2, 0.25) is 0 Å². The molecule has 1 aliphatic rings. The molecule has 86 valence electrons. The number of halogens is 3. The molecular weight excluding hydrogens is 296 g/mol. The van der Waals surface area contributed by atoms with Crippen LogP contribution in [0.1, 0.15) is 16.8 Å². The maximum Gasteiger partial charge on any atom is 0.253 e. The van der Waals surface area contributed by atoms with Gasteiger partial charge in [-0.1, -0.05) is 27.5 Å². The van der Waals surface area contributed by atoms with Gasteiger partial charge in [-0.15, -0.1) is 0 Å². The average Bonchev–Trinajstić information content (AvgIpc) is 2.68. The number of benzene rings is 1. The van der Waals surface area contributed by atoms with Crippen molar-refractivity contribution in [2.75, 3.05) is 13.1 Å². The fraction of sp³-hybridized carbons (Fsp3) is 0.364. The Morgan fingerprint density at radius 2 is 2.31 bits per heavy atom. The van der Waals surface area contributed by atoms with Gasteiger partial charge in [0.25, 0.3) is 5.91 Å². The Labute approximate surface area is 107 Å². The number of nitrogens with zero attached hydrogens (tertiary/aromatic N) is 1. The summed E-state index contributed by atoms with van der Waals surface area (Å²) in [6.45, 7) is 1.38. The second kappa shape index (κ2) is 4.72. The number of hydrogen-bond donors (Lipinski definition) is 0. The minimum Gasteiger partial charge on any atom is -0.337 e. The van der Waals surface area contributed by atoms with Crippen molar-refractivity contribution in [2.24, 2.45) is 0 Å². The Kier molecular flexibility index (Phi) is 3.50. The predicted molar refractivity (Wildman–Crippen MR) is 64.6 cm³/mol. The molecule has 2 nitrogen and oxygen atoms in total. The predicted octanol–water partition coefficient (Wildman–Crippen LogP) is 3.09. The Hall–Kier alpha value is -0.610. The standard InChI is InChI=1S/C11H10BrClFNO/c12-8-3-4-15(6-8)11(16)7-1-2-9(13)10(14)5-7/h1-2,5,8H,3-4,6H2. The molecule has 1 saturated heterocycles. The van der Waals surface area contributed by atoms with Crippen LogP contribution in [0.3, 0.4) is 0 Å². The van der Waals surface area contributed by atoms with Crippen LogP contribution in [-0.4, -0.2) is 28.7 Å². The molecule has 1 aromatic carbocycles. The molecule has 0 bridgehead atoms. The summed E-state index contributed by atoms with van der Waals surface area (Å²) >= 11 is 9.02. The zero-order chi connectivity index (χ0) is 11.7. The molecule has 0 radical (unpaired) electrons. The largest absolute Gasteiger partial charge is 0.337 e. The highest BCUT2D eigenvalue weighted by molar-refractivity contribution is 9.09. The first-order valence-corrected chi connectivity index (χ1v) is 6.25. The first-order valence-electron chi connectivity index (χ1n) is 4.96. The summed E-state index contributed by atoms with van der Waals surface area (Å²) in [7, 11) is 0. The number of carbonyl (C=O) groups is 1. The summed E-state index contributed by atoms with van der Waals surface area (Å²) < 4.78 is 13.2. The van der Waals surface area contributed by atoms with Crippen LogP contribution < -0.4 is 0 Å². The molecule has 0 saturated carbocycles. The lowest BCUT2D eigenvalue weighted by Gasteiger charge is -2.15. The fourth-order valence-corrected chi connectivity index (χ4v) is 2.39. The molecular formula is C11H10BrClFNO. The number of alkyl halides is 1. The van der Waals surface area contributed by atoms with Gasteiger partial charge in [0.15, 0.2) is 0 Å². The van der Waals surface area contributed by atoms with E-state index in [-0.39, 0.29) is 10.9 Å². The van der Waals surface area contributed by atoms with Gasteiger partial charge in [-0.3, -0.25) is 4.79 Å². The van der Waals surface area contributed by atoms with Gasteiger partial charge < -0.3 is 4.90 Å². The van der Waals surface area contributed by atoms with Crippen LogP contribution >= 0.6 is 27.5 Å². The molecule has 1 aliphatic heterocycles. The van der Waals surface area contributed by atoms with E-state index < -0.39 is 5.82 Å². The summed E-state index contributed by atoms with van der Waals surface area (Å²) in [4.78, 5) is 14.0. The molecule has 16 heavy (non-hydrogen) atoms. The maximum atomic E-state index is 13.2. The molecule has 0 aromatic heterocycles. The molecule has 1 fully saturated rings. The molecule has 1 atom stereocenters.